The lowest BCUT2D eigenvalue weighted by Gasteiger charge is -2.30. The maximum atomic E-state index is 12.1. The summed E-state index contributed by atoms with van der Waals surface area (Å²) >= 11 is 0. The zero-order valence-electron chi connectivity index (χ0n) is 17.6. The summed E-state index contributed by atoms with van der Waals surface area (Å²) in [5.41, 5.74) is 1.22. The van der Waals surface area contributed by atoms with Crippen molar-refractivity contribution < 1.29 is 13.7 Å². The van der Waals surface area contributed by atoms with Gasteiger partial charge in [0.1, 0.15) is 0 Å². The van der Waals surface area contributed by atoms with Gasteiger partial charge in [-0.1, -0.05) is 19.4 Å². The molecular weight excluding hydrogens is 374 g/mol. The molecule has 0 radical (unpaired) electrons. The number of guanidine groups is 1. The van der Waals surface area contributed by atoms with Gasteiger partial charge in [-0.05, 0) is 49.8 Å². The molecule has 0 aliphatic heterocycles. The van der Waals surface area contributed by atoms with E-state index in [9.17, 15) is 4.21 Å². The second-order valence-electron chi connectivity index (χ2n) is 7.09. The molecule has 28 heavy (non-hydrogen) atoms. The molecule has 7 heteroatoms. The fourth-order valence-corrected chi connectivity index (χ4v) is 5.02. The van der Waals surface area contributed by atoms with E-state index in [4.69, 9.17) is 9.47 Å². The van der Waals surface area contributed by atoms with Crippen LogP contribution >= 0.6 is 0 Å². The van der Waals surface area contributed by atoms with Crippen molar-refractivity contribution in [2.75, 3.05) is 33.6 Å². The number of aryl methyl sites for hydroxylation is 1. The van der Waals surface area contributed by atoms with Crippen LogP contribution in [0, 0.1) is 0 Å². The Morgan fingerprint density at radius 2 is 2.04 bits per heavy atom. The smallest absolute Gasteiger partial charge is 0.191 e. The third-order valence-electron chi connectivity index (χ3n) is 5.23. The van der Waals surface area contributed by atoms with E-state index >= 15 is 0 Å². The summed E-state index contributed by atoms with van der Waals surface area (Å²) in [7, 11) is 4.40. The Morgan fingerprint density at radius 3 is 2.71 bits per heavy atom. The quantitative estimate of drug-likeness (QED) is 0.373. The first kappa shape index (κ1) is 22.5. The molecule has 0 saturated heterocycles. The van der Waals surface area contributed by atoms with Crippen molar-refractivity contribution in [3.8, 4) is 11.5 Å². The molecule has 3 unspecified atom stereocenters. The van der Waals surface area contributed by atoms with Crippen LogP contribution in [0.5, 0.6) is 11.5 Å². The minimum atomic E-state index is -0.704. The van der Waals surface area contributed by atoms with Crippen LogP contribution in [0.15, 0.2) is 23.2 Å². The van der Waals surface area contributed by atoms with Gasteiger partial charge >= 0.3 is 0 Å². The van der Waals surface area contributed by atoms with Gasteiger partial charge in [0.15, 0.2) is 17.5 Å². The largest absolute Gasteiger partial charge is 0.493 e. The summed E-state index contributed by atoms with van der Waals surface area (Å²) in [5.74, 6) is 3.10. The highest BCUT2D eigenvalue weighted by molar-refractivity contribution is 7.85. The third-order valence-corrected chi connectivity index (χ3v) is 6.97. The monoisotopic (exact) mass is 409 g/mol. The maximum absolute atomic E-state index is 12.1. The minimum absolute atomic E-state index is 0.319. The van der Waals surface area contributed by atoms with Crippen molar-refractivity contribution in [3.05, 3.63) is 23.8 Å². The van der Waals surface area contributed by atoms with Crippen molar-refractivity contribution in [3.63, 3.8) is 0 Å². The van der Waals surface area contributed by atoms with Gasteiger partial charge < -0.3 is 20.1 Å². The Labute approximate surface area is 171 Å². The van der Waals surface area contributed by atoms with Gasteiger partial charge in [-0.15, -0.1) is 0 Å². The molecule has 158 valence electrons. The summed E-state index contributed by atoms with van der Waals surface area (Å²) in [4.78, 5) is 4.35. The fraction of sp³-hybridized carbons (Fsp3) is 0.667. The second kappa shape index (κ2) is 11.9. The standard InChI is InChI=1S/C21H35N3O3S/c1-5-28(25)18-10-6-9-17(15-18)24-21(22-2)23-13-7-8-16-11-12-19(26-3)20(14-16)27-4/h11-12,14,17-18H,5-10,13,15H2,1-4H3,(H2,22,23,24). The van der Waals surface area contributed by atoms with Crippen molar-refractivity contribution in [1.82, 2.24) is 10.6 Å². The number of nitrogens with zero attached hydrogens (tertiary/aromatic N) is 1. The molecule has 2 N–H and O–H groups in total. The number of rotatable bonds is 9. The van der Waals surface area contributed by atoms with Crippen LogP contribution in [-0.2, 0) is 17.2 Å². The minimum Gasteiger partial charge on any atom is -0.493 e. The zero-order valence-corrected chi connectivity index (χ0v) is 18.4. The predicted octanol–water partition coefficient (Wildman–Crippen LogP) is 2.88. The molecule has 0 heterocycles. The van der Waals surface area contributed by atoms with Crippen LogP contribution in [0.1, 0.15) is 44.6 Å². The van der Waals surface area contributed by atoms with E-state index in [0.717, 1.165) is 68.3 Å². The second-order valence-corrected chi connectivity index (χ2v) is 9.10. The fourth-order valence-electron chi connectivity index (χ4n) is 3.67. The number of aliphatic imine (C=N–C) groups is 1. The molecular formula is C21H35N3O3S. The average molecular weight is 410 g/mol. The number of methoxy groups -OCH3 is 2. The summed E-state index contributed by atoms with van der Waals surface area (Å²) in [6, 6.07) is 6.40. The van der Waals surface area contributed by atoms with E-state index in [2.05, 4.69) is 21.7 Å². The van der Waals surface area contributed by atoms with Crippen molar-refractivity contribution in [1.29, 1.82) is 0 Å². The molecule has 2 rings (SSSR count). The highest BCUT2D eigenvalue weighted by Gasteiger charge is 2.25. The highest BCUT2D eigenvalue weighted by atomic mass is 32.2. The van der Waals surface area contributed by atoms with Crippen molar-refractivity contribution in [2.45, 2.75) is 56.7 Å². The first-order valence-corrected chi connectivity index (χ1v) is 11.5. The zero-order chi connectivity index (χ0) is 20.4. The van der Waals surface area contributed by atoms with Crippen LogP contribution in [0.4, 0.5) is 0 Å². The van der Waals surface area contributed by atoms with Gasteiger partial charge in [0, 0.05) is 41.4 Å². The van der Waals surface area contributed by atoms with Gasteiger partial charge in [-0.3, -0.25) is 9.20 Å². The first-order valence-electron chi connectivity index (χ1n) is 10.2. The Hall–Kier alpha value is -1.76. The molecule has 1 fully saturated rings. The van der Waals surface area contributed by atoms with Crippen LogP contribution in [0.25, 0.3) is 0 Å². The van der Waals surface area contributed by atoms with Crippen LogP contribution in [-0.4, -0.2) is 55.0 Å². The van der Waals surface area contributed by atoms with E-state index in [1.54, 1.807) is 21.3 Å². The summed E-state index contributed by atoms with van der Waals surface area (Å²) in [5, 5.41) is 7.24. The SMILES string of the molecule is CCS(=O)C1CCCC(NC(=NC)NCCCc2ccc(OC)c(OC)c2)C1. The average Bonchev–Trinajstić information content (AvgIpc) is 2.75. The number of benzene rings is 1. The molecule has 1 aromatic carbocycles. The molecule has 3 atom stereocenters. The lowest BCUT2D eigenvalue weighted by molar-refractivity contribution is 0.354. The summed E-state index contributed by atoms with van der Waals surface area (Å²) in [6.07, 6.45) is 6.23. The number of ether oxygens (including phenoxy) is 2. The van der Waals surface area contributed by atoms with Crippen LogP contribution in [0.3, 0.4) is 0 Å². The predicted molar refractivity (Wildman–Crippen MR) is 117 cm³/mol. The topological polar surface area (TPSA) is 72.0 Å². The van der Waals surface area contributed by atoms with E-state index in [-0.39, 0.29) is 0 Å². The highest BCUT2D eigenvalue weighted by Crippen LogP contribution is 2.28. The number of hydrogen-bond acceptors (Lipinski definition) is 4. The Kier molecular flexibility index (Phi) is 9.61. The molecule has 1 aromatic rings. The maximum Gasteiger partial charge on any atom is 0.191 e. The van der Waals surface area contributed by atoms with Gasteiger partial charge in [0.25, 0.3) is 0 Å². The Morgan fingerprint density at radius 1 is 1.25 bits per heavy atom. The molecule has 0 amide bonds. The van der Waals surface area contributed by atoms with Gasteiger partial charge in [-0.2, -0.15) is 0 Å². The normalized spacial score (nSPS) is 21.1. The van der Waals surface area contributed by atoms with Crippen molar-refractivity contribution in [2.24, 2.45) is 4.99 Å². The lowest BCUT2D eigenvalue weighted by Crippen LogP contribution is -2.46. The molecule has 0 bridgehead atoms. The molecule has 0 spiro atoms. The van der Waals surface area contributed by atoms with Gasteiger partial charge in [0.2, 0.25) is 0 Å². The number of nitrogens with one attached hydrogen (secondary N) is 2. The third kappa shape index (κ3) is 6.69. The summed E-state index contributed by atoms with van der Waals surface area (Å²) < 4.78 is 22.8. The Bertz CT molecular complexity index is 666. The molecule has 1 saturated carbocycles. The van der Waals surface area contributed by atoms with E-state index in [1.165, 1.54) is 5.56 Å². The molecule has 1 aliphatic rings. The molecule has 6 nitrogen and oxygen atoms in total. The van der Waals surface area contributed by atoms with Crippen LogP contribution in [0.2, 0.25) is 0 Å². The van der Waals surface area contributed by atoms with E-state index in [0.29, 0.717) is 11.3 Å². The van der Waals surface area contributed by atoms with Crippen molar-refractivity contribution >= 4 is 16.8 Å². The Balaban J connectivity index is 1.76. The first-order chi connectivity index (χ1) is 13.6. The van der Waals surface area contributed by atoms with Crippen LogP contribution < -0.4 is 20.1 Å². The van der Waals surface area contributed by atoms with Gasteiger partial charge in [0.05, 0.1) is 14.2 Å². The van der Waals surface area contributed by atoms with E-state index < -0.39 is 10.8 Å². The summed E-state index contributed by atoms with van der Waals surface area (Å²) in [6.45, 7) is 2.84. The van der Waals surface area contributed by atoms with E-state index in [1.807, 2.05) is 19.1 Å². The lowest BCUT2D eigenvalue weighted by atomic mass is 9.95. The van der Waals surface area contributed by atoms with Gasteiger partial charge in [-0.25, -0.2) is 0 Å². The molecule has 1 aliphatic carbocycles. The molecule has 0 aromatic heterocycles. The number of hydrogen-bond donors (Lipinski definition) is 2.